The molecule has 0 aliphatic carbocycles. The van der Waals surface area contributed by atoms with E-state index in [2.05, 4.69) is 20.3 Å². The van der Waals surface area contributed by atoms with E-state index in [1.54, 1.807) is 12.3 Å². The van der Waals surface area contributed by atoms with E-state index in [0.717, 1.165) is 76.5 Å². The Morgan fingerprint density at radius 3 is 2.77 bits per heavy atom. The number of carbonyl (C=O) groups is 1. The lowest BCUT2D eigenvalue weighted by atomic mass is 9.92. The summed E-state index contributed by atoms with van der Waals surface area (Å²) in [6, 6.07) is 1.72. The third kappa shape index (κ3) is 3.95. The van der Waals surface area contributed by atoms with Crippen LogP contribution in [-0.2, 0) is 11.2 Å². The number of carbonyl (C=O) groups excluding carboxylic acids is 1. The van der Waals surface area contributed by atoms with E-state index in [1.807, 2.05) is 4.90 Å². The van der Waals surface area contributed by atoms with Crippen LogP contribution in [-0.4, -0.2) is 57.4 Å². The van der Waals surface area contributed by atoms with Gasteiger partial charge in [0.1, 0.15) is 5.69 Å². The summed E-state index contributed by atoms with van der Waals surface area (Å²) in [5.41, 5.74) is 0.565. The van der Waals surface area contributed by atoms with Crippen LogP contribution in [0.4, 0.5) is 0 Å². The molecule has 8 heteroatoms. The Morgan fingerprint density at radius 2 is 2.04 bits per heavy atom. The molecule has 140 valence electrons. The normalized spacial score (nSPS) is 19.8. The van der Waals surface area contributed by atoms with Crippen molar-refractivity contribution in [3.05, 3.63) is 29.7 Å². The number of rotatable bonds is 5. The number of nitrogens with zero attached hydrogens (tertiary/aromatic N) is 4. The molecular weight excluding hydrogens is 334 g/mol. The summed E-state index contributed by atoms with van der Waals surface area (Å²) in [5.74, 6) is 2.59. The van der Waals surface area contributed by atoms with Crippen molar-refractivity contribution < 1.29 is 14.1 Å². The maximum Gasteiger partial charge on any atom is 0.271 e. The maximum atomic E-state index is 12.3. The van der Waals surface area contributed by atoms with E-state index >= 15 is 0 Å². The van der Waals surface area contributed by atoms with Crippen molar-refractivity contribution in [2.75, 3.05) is 26.3 Å². The van der Waals surface area contributed by atoms with E-state index in [4.69, 9.17) is 9.26 Å². The number of hydrogen-bond acceptors (Lipinski definition) is 6. The van der Waals surface area contributed by atoms with Crippen molar-refractivity contribution in [1.29, 1.82) is 0 Å². The molecule has 2 aromatic heterocycles. The molecule has 1 N–H and O–H groups in total. The molecule has 0 atom stereocenters. The van der Waals surface area contributed by atoms with Crippen LogP contribution in [0.15, 0.2) is 16.8 Å². The van der Waals surface area contributed by atoms with Crippen LogP contribution in [0.25, 0.3) is 0 Å². The predicted octanol–water partition coefficient (Wildman–Crippen LogP) is 2.17. The van der Waals surface area contributed by atoms with Crippen molar-refractivity contribution in [3.8, 4) is 0 Å². The van der Waals surface area contributed by atoms with Crippen molar-refractivity contribution in [2.45, 2.75) is 44.4 Å². The highest BCUT2D eigenvalue weighted by molar-refractivity contribution is 5.92. The number of amides is 1. The fourth-order valence-electron chi connectivity index (χ4n) is 3.79. The van der Waals surface area contributed by atoms with Gasteiger partial charge in [0.05, 0.1) is 0 Å². The van der Waals surface area contributed by atoms with Gasteiger partial charge >= 0.3 is 0 Å². The molecule has 8 nitrogen and oxygen atoms in total. The van der Waals surface area contributed by atoms with Crippen molar-refractivity contribution in [1.82, 2.24) is 25.2 Å². The van der Waals surface area contributed by atoms with Crippen molar-refractivity contribution >= 4 is 5.91 Å². The number of nitrogens with one attached hydrogen (secondary N) is 1. The average molecular weight is 359 g/mol. The van der Waals surface area contributed by atoms with E-state index < -0.39 is 0 Å². The second kappa shape index (κ2) is 7.99. The molecule has 0 spiro atoms. The molecule has 2 aromatic rings. The Morgan fingerprint density at radius 1 is 1.23 bits per heavy atom. The second-order valence-corrected chi connectivity index (χ2v) is 7.18. The van der Waals surface area contributed by atoms with Gasteiger partial charge in [-0.15, -0.1) is 0 Å². The van der Waals surface area contributed by atoms with E-state index in [1.165, 1.54) is 0 Å². The molecule has 0 radical (unpaired) electrons. The van der Waals surface area contributed by atoms with Gasteiger partial charge in [-0.25, -0.2) is 0 Å². The zero-order valence-electron chi connectivity index (χ0n) is 14.9. The Balaban J connectivity index is 1.22. The summed E-state index contributed by atoms with van der Waals surface area (Å²) in [4.78, 5) is 18.8. The second-order valence-electron chi connectivity index (χ2n) is 7.18. The van der Waals surface area contributed by atoms with E-state index in [9.17, 15) is 4.79 Å². The van der Waals surface area contributed by atoms with Crippen LogP contribution in [0.5, 0.6) is 0 Å². The molecule has 2 aliphatic rings. The van der Waals surface area contributed by atoms with Gasteiger partial charge in [0.15, 0.2) is 5.82 Å². The summed E-state index contributed by atoms with van der Waals surface area (Å²) in [7, 11) is 0. The Kier molecular flexibility index (Phi) is 5.29. The van der Waals surface area contributed by atoms with E-state index in [-0.39, 0.29) is 5.91 Å². The SMILES string of the molecule is O=C(c1ccn[nH]1)N1CCC(CCc2nc(C3CCOCC3)no2)CC1. The van der Waals surface area contributed by atoms with Gasteiger partial charge in [0.2, 0.25) is 5.89 Å². The van der Waals surface area contributed by atoms with E-state index in [0.29, 0.717) is 17.5 Å². The van der Waals surface area contributed by atoms with Crippen LogP contribution >= 0.6 is 0 Å². The van der Waals surface area contributed by atoms with Crippen LogP contribution < -0.4 is 0 Å². The maximum absolute atomic E-state index is 12.3. The van der Waals surface area contributed by atoms with Gasteiger partial charge in [-0.3, -0.25) is 9.89 Å². The molecule has 2 saturated heterocycles. The molecular formula is C18H25N5O3. The molecule has 26 heavy (non-hydrogen) atoms. The zero-order valence-corrected chi connectivity index (χ0v) is 14.9. The quantitative estimate of drug-likeness (QED) is 0.879. The monoisotopic (exact) mass is 359 g/mol. The standard InChI is InChI=1S/C18H25N5O3/c24-18(15-3-8-19-21-15)23-9-4-13(5-10-23)1-2-16-20-17(22-26-16)14-6-11-25-12-7-14/h3,8,13-14H,1-2,4-7,9-12H2,(H,19,21). The highest BCUT2D eigenvalue weighted by atomic mass is 16.5. The fourth-order valence-corrected chi connectivity index (χ4v) is 3.79. The van der Waals surface area contributed by atoms with Crippen LogP contribution in [0.3, 0.4) is 0 Å². The van der Waals surface area contributed by atoms with Gasteiger partial charge in [-0.05, 0) is 44.1 Å². The fraction of sp³-hybridized carbons (Fsp3) is 0.667. The number of likely N-dealkylation sites (tertiary alicyclic amines) is 1. The Bertz CT molecular complexity index is 700. The minimum absolute atomic E-state index is 0.0407. The third-order valence-corrected chi connectivity index (χ3v) is 5.47. The highest BCUT2D eigenvalue weighted by Gasteiger charge is 2.25. The zero-order chi connectivity index (χ0) is 17.8. The molecule has 4 rings (SSSR count). The lowest BCUT2D eigenvalue weighted by Gasteiger charge is -2.31. The number of hydrogen-bond donors (Lipinski definition) is 1. The number of H-pyrrole nitrogens is 1. The number of aryl methyl sites for hydroxylation is 1. The van der Waals surface area contributed by atoms with Gasteiger partial charge in [-0.2, -0.15) is 10.1 Å². The summed E-state index contributed by atoms with van der Waals surface area (Å²) < 4.78 is 10.8. The predicted molar refractivity (Wildman–Crippen MR) is 92.6 cm³/mol. The largest absolute Gasteiger partial charge is 0.381 e. The smallest absolute Gasteiger partial charge is 0.271 e. The summed E-state index contributed by atoms with van der Waals surface area (Å²) in [6.07, 6.45) is 7.43. The highest BCUT2D eigenvalue weighted by Crippen LogP contribution is 2.26. The van der Waals surface area contributed by atoms with Gasteiger partial charge < -0.3 is 14.2 Å². The molecule has 2 aliphatic heterocycles. The summed E-state index contributed by atoms with van der Waals surface area (Å²) in [6.45, 7) is 3.15. The third-order valence-electron chi connectivity index (χ3n) is 5.47. The minimum atomic E-state index is 0.0407. The van der Waals surface area contributed by atoms with Crippen molar-refractivity contribution in [3.63, 3.8) is 0 Å². The van der Waals surface area contributed by atoms with Crippen molar-refractivity contribution in [2.24, 2.45) is 5.92 Å². The lowest BCUT2D eigenvalue weighted by Crippen LogP contribution is -2.38. The molecule has 4 heterocycles. The molecule has 0 aromatic carbocycles. The minimum Gasteiger partial charge on any atom is -0.381 e. The first-order chi connectivity index (χ1) is 12.8. The number of aromatic amines is 1. The molecule has 0 bridgehead atoms. The van der Waals surface area contributed by atoms with Crippen LogP contribution in [0.1, 0.15) is 60.2 Å². The summed E-state index contributed by atoms with van der Waals surface area (Å²) >= 11 is 0. The molecule has 0 saturated carbocycles. The number of aromatic nitrogens is 4. The number of ether oxygens (including phenoxy) is 1. The van der Waals surface area contributed by atoms with Crippen LogP contribution in [0.2, 0.25) is 0 Å². The number of piperidine rings is 1. The first kappa shape index (κ1) is 17.2. The Labute approximate surface area is 152 Å². The molecule has 2 fully saturated rings. The first-order valence-corrected chi connectivity index (χ1v) is 9.48. The summed E-state index contributed by atoms with van der Waals surface area (Å²) in [5, 5.41) is 10.8. The topological polar surface area (TPSA) is 97.1 Å². The van der Waals surface area contributed by atoms with Gasteiger partial charge in [0.25, 0.3) is 5.91 Å². The lowest BCUT2D eigenvalue weighted by molar-refractivity contribution is 0.0680. The Hall–Kier alpha value is -2.22. The molecule has 0 unspecified atom stereocenters. The first-order valence-electron chi connectivity index (χ1n) is 9.48. The van der Waals surface area contributed by atoms with Crippen LogP contribution in [0, 0.1) is 5.92 Å². The van der Waals surface area contributed by atoms with Gasteiger partial charge in [-0.1, -0.05) is 5.16 Å². The van der Waals surface area contributed by atoms with Gasteiger partial charge in [0, 0.05) is 44.8 Å². The molecule has 1 amide bonds. The average Bonchev–Trinajstić information content (AvgIpc) is 3.39.